The maximum Gasteiger partial charge on any atom is 0.263 e. The van der Waals surface area contributed by atoms with Gasteiger partial charge in [-0.15, -0.1) is 0 Å². The monoisotopic (exact) mass is 483 g/mol. The number of rotatable bonds is 3. The van der Waals surface area contributed by atoms with Gasteiger partial charge in [0.05, 0.1) is 0 Å². The van der Waals surface area contributed by atoms with Crippen molar-refractivity contribution in [1.29, 1.82) is 0 Å². The van der Waals surface area contributed by atoms with Gasteiger partial charge in [-0.2, -0.15) is 0 Å². The molecule has 3 aromatic carbocycles. The van der Waals surface area contributed by atoms with Crippen LogP contribution in [0.2, 0.25) is 0 Å². The fourth-order valence-electron chi connectivity index (χ4n) is 4.07. The van der Waals surface area contributed by atoms with E-state index in [4.69, 9.17) is 12.2 Å². The van der Waals surface area contributed by atoms with Crippen LogP contribution in [0.3, 0.4) is 0 Å². The van der Waals surface area contributed by atoms with Crippen LogP contribution in [0.15, 0.2) is 94.2 Å². The van der Waals surface area contributed by atoms with Crippen molar-refractivity contribution < 1.29 is 9.59 Å². The molecule has 34 heavy (non-hydrogen) atoms. The number of carbonyl (C=O) groups excluding carboxylic acids is 2. The van der Waals surface area contributed by atoms with E-state index in [1.807, 2.05) is 73.6 Å². The van der Waals surface area contributed by atoms with Gasteiger partial charge in [0, 0.05) is 35.1 Å². The summed E-state index contributed by atoms with van der Waals surface area (Å²) in [4.78, 5) is 30.2. The summed E-state index contributed by atoms with van der Waals surface area (Å²) < 4.78 is 0. The molecule has 5 nitrogen and oxygen atoms in total. The molecule has 0 aliphatic carbocycles. The number of amides is 2. The number of allylic oxidation sites excluding steroid dienone is 2. The highest BCUT2D eigenvalue weighted by Gasteiger charge is 2.30. The fourth-order valence-corrected chi connectivity index (χ4v) is 5.36. The molecule has 2 aliphatic rings. The molecule has 0 unspecified atom stereocenters. The first kappa shape index (κ1) is 22.1. The minimum Gasteiger partial charge on any atom is -0.378 e. The first-order valence-corrected chi connectivity index (χ1v) is 11.9. The van der Waals surface area contributed by atoms with Gasteiger partial charge in [-0.3, -0.25) is 20.2 Å². The molecule has 2 aliphatic heterocycles. The Hall–Kier alpha value is -3.68. The molecule has 0 saturated carbocycles. The standard InChI is InChI=1S/C27H21N3O2S2/c1-30(2)17-13-11-16(12-14-17)20(24-25(31)28-27(33)29-26(24)32)15-21-18-7-3-5-9-22(18)34-23-10-6-4-8-19(21)23/h3-15H,1-2H3,(H2,28,29,31,32,33). The summed E-state index contributed by atoms with van der Waals surface area (Å²) in [5.41, 5.74) is 5.42. The third-order valence-corrected chi connectivity index (χ3v) is 7.09. The predicted octanol–water partition coefficient (Wildman–Crippen LogP) is 4.63. The van der Waals surface area contributed by atoms with E-state index in [1.54, 1.807) is 11.8 Å². The van der Waals surface area contributed by atoms with Crippen molar-refractivity contribution in [3.05, 3.63) is 101 Å². The Balaban J connectivity index is 1.78. The molecule has 2 N–H and O–H groups in total. The van der Waals surface area contributed by atoms with E-state index in [9.17, 15) is 9.59 Å². The molecule has 1 fully saturated rings. The smallest absolute Gasteiger partial charge is 0.263 e. The number of nitrogens with zero attached hydrogens (tertiary/aromatic N) is 1. The zero-order valence-corrected chi connectivity index (χ0v) is 20.2. The summed E-state index contributed by atoms with van der Waals surface area (Å²) in [5, 5.41) is 5.16. The molecule has 5 rings (SSSR count). The molecular formula is C27H21N3O2S2. The lowest BCUT2D eigenvalue weighted by molar-refractivity contribution is -0.123. The summed E-state index contributed by atoms with van der Waals surface area (Å²) >= 11 is 6.73. The fraction of sp³-hybridized carbons (Fsp3) is 0.0741. The first-order valence-electron chi connectivity index (χ1n) is 10.7. The van der Waals surface area contributed by atoms with Crippen LogP contribution in [0.25, 0.3) is 11.1 Å². The Morgan fingerprint density at radius 3 is 1.88 bits per heavy atom. The van der Waals surface area contributed by atoms with Gasteiger partial charge >= 0.3 is 0 Å². The number of thiocarbonyl (C=S) groups is 1. The minimum absolute atomic E-state index is 0.0125. The zero-order valence-electron chi connectivity index (χ0n) is 18.6. The zero-order chi connectivity index (χ0) is 23.8. The van der Waals surface area contributed by atoms with E-state index in [-0.39, 0.29) is 10.7 Å². The second kappa shape index (κ2) is 8.93. The molecule has 168 valence electrons. The molecule has 7 heteroatoms. The van der Waals surface area contributed by atoms with E-state index in [2.05, 4.69) is 34.9 Å². The van der Waals surface area contributed by atoms with Gasteiger partial charge in [0.15, 0.2) is 5.11 Å². The minimum atomic E-state index is -0.510. The normalized spacial score (nSPS) is 14.6. The summed E-state index contributed by atoms with van der Waals surface area (Å²) in [7, 11) is 3.93. The molecule has 0 radical (unpaired) electrons. The largest absolute Gasteiger partial charge is 0.378 e. The lowest BCUT2D eigenvalue weighted by Gasteiger charge is -2.24. The van der Waals surface area contributed by atoms with Crippen LogP contribution in [-0.2, 0) is 9.59 Å². The van der Waals surface area contributed by atoms with Crippen molar-refractivity contribution in [2.24, 2.45) is 0 Å². The van der Waals surface area contributed by atoms with Crippen LogP contribution >= 0.6 is 24.0 Å². The second-order valence-electron chi connectivity index (χ2n) is 8.12. The Kier molecular flexibility index (Phi) is 5.81. The predicted molar refractivity (Wildman–Crippen MR) is 141 cm³/mol. The number of fused-ring (bicyclic) bond motifs is 2. The molecule has 1 saturated heterocycles. The maximum absolute atomic E-state index is 13.0. The summed E-state index contributed by atoms with van der Waals surface area (Å²) in [5.74, 6) is -1.02. The number of hydrogen-bond acceptors (Lipinski definition) is 5. The van der Waals surface area contributed by atoms with Crippen molar-refractivity contribution in [3.63, 3.8) is 0 Å². The number of anilines is 1. The van der Waals surface area contributed by atoms with E-state index in [1.165, 1.54) is 0 Å². The van der Waals surface area contributed by atoms with Crippen molar-refractivity contribution in [3.8, 4) is 0 Å². The van der Waals surface area contributed by atoms with Crippen LogP contribution in [0.1, 0.15) is 16.7 Å². The van der Waals surface area contributed by atoms with E-state index in [0.717, 1.165) is 37.7 Å². The highest BCUT2D eigenvalue weighted by Crippen LogP contribution is 2.46. The first-order chi connectivity index (χ1) is 16.4. The van der Waals surface area contributed by atoms with Crippen LogP contribution < -0.4 is 15.5 Å². The lowest BCUT2D eigenvalue weighted by atomic mass is 9.90. The van der Waals surface area contributed by atoms with Crippen LogP contribution in [0, 0.1) is 0 Å². The SMILES string of the molecule is CN(C)c1ccc(C(C=C2c3ccccc3Sc3ccccc32)=C2C(=O)NC(=S)NC2=O)cc1. The number of carbonyl (C=O) groups is 2. The number of nitrogens with one attached hydrogen (secondary N) is 2. The van der Waals surface area contributed by atoms with E-state index < -0.39 is 11.8 Å². The van der Waals surface area contributed by atoms with Gasteiger partial charge in [-0.25, -0.2) is 0 Å². The quantitative estimate of drug-likeness (QED) is 0.253. The second-order valence-corrected chi connectivity index (χ2v) is 9.61. The maximum atomic E-state index is 13.0. The van der Waals surface area contributed by atoms with E-state index >= 15 is 0 Å². The van der Waals surface area contributed by atoms with Crippen LogP contribution in [-0.4, -0.2) is 31.0 Å². The summed E-state index contributed by atoms with van der Waals surface area (Å²) in [6.45, 7) is 0. The van der Waals surface area contributed by atoms with Crippen molar-refractivity contribution in [1.82, 2.24) is 10.6 Å². The molecule has 2 heterocycles. The molecule has 0 aromatic heterocycles. The molecule has 3 aromatic rings. The molecule has 2 amide bonds. The van der Waals surface area contributed by atoms with E-state index in [0.29, 0.717) is 5.57 Å². The lowest BCUT2D eigenvalue weighted by Crippen LogP contribution is -2.51. The summed E-state index contributed by atoms with van der Waals surface area (Å²) in [6, 6.07) is 24.1. The molecule has 0 bridgehead atoms. The van der Waals surface area contributed by atoms with Crippen molar-refractivity contribution in [2.75, 3.05) is 19.0 Å². The Morgan fingerprint density at radius 2 is 1.35 bits per heavy atom. The Morgan fingerprint density at radius 1 is 0.824 bits per heavy atom. The average molecular weight is 484 g/mol. The Labute approximate surface area is 207 Å². The third-order valence-electron chi connectivity index (χ3n) is 5.74. The molecular weight excluding hydrogens is 462 g/mol. The molecule has 0 spiro atoms. The van der Waals surface area contributed by atoms with Crippen LogP contribution in [0.5, 0.6) is 0 Å². The van der Waals surface area contributed by atoms with Gasteiger partial charge in [-0.1, -0.05) is 60.3 Å². The highest BCUT2D eigenvalue weighted by atomic mass is 32.2. The number of hydrogen-bond donors (Lipinski definition) is 2. The van der Waals surface area contributed by atoms with Crippen molar-refractivity contribution in [2.45, 2.75) is 9.79 Å². The topological polar surface area (TPSA) is 61.4 Å². The molecule has 0 atom stereocenters. The number of benzene rings is 3. The van der Waals surface area contributed by atoms with Gasteiger partial charge in [0.1, 0.15) is 5.57 Å². The third kappa shape index (κ3) is 4.04. The van der Waals surface area contributed by atoms with Gasteiger partial charge in [0.2, 0.25) is 0 Å². The highest BCUT2D eigenvalue weighted by molar-refractivity contribution is 7.99. The van der Waals surface area contributed by atoms with Gasteiger partial charge in [-0.05, 0) is 64.8 Å². The van der Waals surface area contributed by atoms with Crippen LogP contribution in [0.4, 0.5) is 5.69 Å². The van der Waals surface area contributed by atoms with Crippen molar-refractivity contribution >= 4 is 57.7 Å². The average Bonchev–Trinajstić information content (AvgIpc) is 2.82. The van der Waals surface area contributed by atoms with Gasteiger partial charge < -0.3 is 4.90 Å². The Bertz CT molecular complexity index is 1340. The summed E-state index contributed by atoms with van der Waals surface area (Å²) in [6.07, 6.45) is 1.95. The van der Waals surface area contributed by atoms with Gasteiger partial charge in [0.25, 0.3) is 11.8 Å².